The van der Waals surface area contributed by atoms with Crippen LogP contribution in [0.15, 0.2) is 55.3 Å². The van der Waals surface area contributed by atoms with Gasteiger partial charge in [-0.05, 0) is 36.6 Å². The third-order valence-corrected chi connectivity index (χ3v) is 5.63. The molecule has 1 saturated heterocycles. The number of rotatable bonds is 4. The molecule has 3 heterocycles. The zero-order chi connectivity index (χ0) is 24.5. The first-order valence-corrected chi connectivity index (χ1v) is 10.5. The van der Waals surface area contributed by atoms with Gasteiger partial charge < -0.3 is 20.0 Å². The number of amides is 1. The quantitative estimate of drug-likeness (QED) is 0.697. The van der Waals surface area contributed by atoms with Crippen LogP contribution in [0.25, 0.3) is 0 Å². The molecular weight excluding hydrogens is 455 g/mol. The van der Waals surface area contributed by atoms with E-state index in [4.69, 9.17) is 5.11 Å². The Kier molecular flexibility index (Phi) is 6.33. The van der Waals surface area contributed by atoms with Crippen LogP contribution in [-0.2, 0) is 12.7 Å². The molecule has 4 rings (SSSR count). The largest absolute Gasteiger partial charge is 0.476 e. The average molecular weight is 477 g/mol. The lowest BCUT2D eigenvalue weighted by Crippen LogP contribution is -2.36. The first-order valence-electron chi connectivity index (χ1n) is 10.5. The Morgan fingerprint density at radius 1 is 1.06 bits per heavy atom. The summed E-state index contributed by atoms with van der Waals surface area (Å²) in [7, 11) is 0. The molecule has 9 nitrogen and oxygen atoms in total. The first-order chi connectivity index (χ1) is 16.1. The number of benzene rings is 1. The minimum absolute atomic E-state index is 0.256. The van der Waals surface area contributed by atoms with Gasteiger partial charge in [0.15, 0.2) is 5.69 Å². The van der Waals surface area contributed by atoms with Crippen LogP contribution in [0.1, 0.15) is 34.5 Å². The molecule has 2 aliphatic rings. The summed E-state index contributed by atoms with van der Waals surface area (Å²) in [4.78, 5) is 28.2. The fraction of sp³-hybridized carbons (Fsp3) is 0.318. The maximum absolute atomic E-state index is 13.3. The number of carboxylic acid groups (broad SMARTS) is 1. The van der Waals surface area contributed by atoms with Gasteiger partial charge in [-0.1, -0.05) is 6.07 Å². The lowest BCUT2D eigenvalue weighted by atomic mass is 10.0. The normalized spacial score (nSPS) is 16.9. The van der Waals surface area contributed by atoms with Gasteiger partial charge in [0.1, 0.15) is 0 Å². The number of aromatic nitrogens is 2. The monoisotopic (exact) mass is 477 g/mol. The molecular formula is C22H22F3N5O4. The number of aromatic carboxylic acids is 1. The summed E-state index contributed by atoms with van der Waals surface area (Å²) in [6.45, 7) is 1.16. The standard InChI is InChI=1S/C22H22F3N5O4/c23-22(24,25)16-2-1-15(19(13-16)28-6-3-17(31)4-7-28)14-27-9-11-29(12-10-27)21(34)30-8-5-18(26-30)20(32)33/h1-2,5,8-13,17,31H,3-4,6-7,14H2,(H,32,33). The van der Waals surface area contributed by atoms with E-state index in [1.807, 2.05) is 4.90 Å². The summed E-state index contributed by atoms with van der Waals surface area (Å²) in [6, 6.07) is 4.23. The summed E-state index contributed by atoms with van der Waals surface area (Å²) >= 11 is 0. The minimum Gasteiger partial charge on any atom is -0.476 e. The number of halogens is 3. The highest BCUT2D eigenvalue weighted by Crippen LogP contribution is 2.35. The van der Waals surface area contributed by atoms with E-state index in [9.17, 15) is 27.9 Å². The second-order valence-corrected chi connectivity index (χ2v) is 7.97. The van der Waals surface area contributed by atoms with E-state index in [0.717, 1.165) is 16.8 Å². The van der Waals surface area contributed by atoms with Crippen LogP contribution < -0.4 is 4.90 Å². The lowest BCUT2D eigenvalue weighted by molar-refractivity contribution is -0.137. The third kappa shape index (κ3) is 5.06. The number of nitrogens with zero attached hydrogens (tertiary/aromatic N) is 5. The number of carboxylic acids is 1. The van der Waals surface area contributed by atoms with Crippen LogP contribution in [0, 0.1) is 0 Å². The molecule has 2 aliphatic heterocycles. The Morgan fingerprint density at radius 2 is 1.74 bits per heavy atom. The van der Waals surface area contributed by atoms with Crippen molar-refractivity contribution in [3.63, 3.8) is 0 Å². The van der Waals surface area contributed by atoms with E-state index in [1.165, 1.54) is 35.6 Å². The topological polar surface area (TPSA) is 102 Å². The van der Waals surface area contributed by atoms with E-state index in [2.05, 4.69) is 5.10 Å². The Morgan fingerprint density at radius 3 is 2.32 bits per heavy atom. The molecule has 1 aromatic carbocycles. The van der Waals surface area contributed by atoms with Crippen molar-refractivity contribution in [1.82, 2.24) is 19.6 Å². The molecule has 1 amide bonds. The summed E-state index contributed by atoms with van der Waals surface area (Å²) in [5.41, 5.74) is 0.121. The maximum atomic E-state index is 13.3. The number of carbonyl (C=O) groups excluding carboxylic acids is 1. The molecule has 0 atom stereocenters. The van der Waals surface area contributed by atoms with Crippen LogP contribution in [0.3, 0.4) is 0 Å². The molecule has 2 aromatic rings. The fourth-order valence-corrected chi connectivity index (χ4v) is 3.78. The number of carbonyl (C=O) groups is 2. The Hall–Kier alpha value is -3.80. The summed E-state index contributed by atoms with van der Waals surface area (Å²) < 4.78 is 40.9. The van der Waals surface area contributed by atoms with Gasteiger partial charge in [-0.3, -0.25) is 4.90 Å². The summed E-state index contributed by atoms with van der Waals surface area (Å²) in [5, 5.41) is 22.4. The number of aliphatic hydroxyl groups excluding tert-OH is 1. The average Bonchev–Trinajstić information content (AvgIpc) is 3.30. The zero-order valence-corrected chi connectivity index (χ0v) is 17.9. The van der Waals surface area contributed by atoms with Crippen molar-refractivity contribution in [2.24, 2.45) is 0 Å². The van der Waals surface area contributed by atoms with Crippen LogP contribution in [0.4, 0.5) is 23.7 Å². The van der Waals surface area contributed by atoms with Gasteiger partial charge in [0.25, 0.3) is 0 Å². The Balaban J connectivity index is 1.50. The van der Waals surface area contributed by atoms with Gasteiger partial charge in [-0.2, -0.15) is 23.0 Å². The number of hydrogen-bond donors (Lipinski definition) is 2. The molecule has 0 saturated carbocycles. The molecule has 0 bridgehead atoms. The predicted molar refractivity (Wildman–Crippen MR) is 115 cm³/mol. The summed E-state index contributed by atoms with van der Waals surface area (Å²) in [5.74, 6) is -1.25. The molecule has 12 heteroatoms. The van der Waals surface area contributed by atoms with Crippen molar-refractivity contribution in [3.05, 3.63) is 72.1 Å². The number of anilines is 1. The van der Waals surface area contributed by atoms with E-state index in [1.54, 1.807) is 17.3 Å². The van der Waals surface area contributed by atoms with Gasteiger partial charge in [0.2, 0.25) is 0 Å². The molecule has 0 aliphatic carbocycles. The van der Waals surface area contributed by atoms with Gasteiger partial charge in [0.05, 0.1) is 11.7 Å². The molecule has 34 heavy (non-hydrogen) atoms. The van der Waals surface area contributed by atoms with Crippen LogP contribution in [0.2, 0.25) is 0 Å². The van der Waals surface area contributed by atoms with Gasteiger partial charge in [0, 0.05) is 56.3 Å². The number of aliphatic hydroxyl groups is 1. The number of hydrogen-bond acceptors (Lipinski definition) is 6. The Bertz CT molecular complexity index is 1120. The second kappa shape index (κ2) is 9.21. The van der Waals surface area contributed by atoms with Crippen molar-refractivity contribution < 1.29 is 33.0 Å². The van der Waals surface area contributed by atoms with Crippen LogP contribution >= 0.6 is 0 Å². The van der Waals surface area contributed by atoms with Gasteiger partial charge in [-0.15, -0.1) is 0 Å². The number of piperidine rings is 1. The second-order valence-electron chi connectivity index (χ2n) is 7.97. The fourth-order valence-electron chi connectivity index (χ4n) is 3.78. The highest BCUT2D eigenvalue weighted by atomic mass is 19.4. The van der Waals surface area contributed by atoms with Gasteiger partial charge >= 0.3 is 18.2 Å². The van der Waals surface area contributed by atoms with Crippen molar-refractivity contribution in [2.45, 2.75) is 31.7 Å². The lowest BCUT2D eigenvalue weighted by Gasteiger charge is -2.34. The smallest absolute Gasteiger partial charge is 0.416 e. The molecule has 0 radical (unpaired) electrons. The van der Waals surface area contributed by atoms with Crippen molar-refractivity contribution in [2.75, 3.05) is 18.0 Å². The van der Waals surface area contributed by atoms with Crippen molar-refractivity contribution in [1.29, 1.82) is 0 Å². The molecule has 0 unspecified atom stereocenters. The van der Waals surface area contributed by atoms with E-state index >= 15 is 0 Å². The minimum atomic E-state index is -4.47. The van der Waals surface area contributed by atoms with E-state index in [-0.39, 0.29) is 12.2 Å². The van der Waals surface area contributed by atoms with Crippen LogP contribution in [0.5, 0.6) is 0 Å². The summed E-state index contributed by atoms with van der Waals surface area (Å²) in [6.07, 6.45) is 3.34. The number of alkyl halides is 3. The highest BCUT2D eigenvalue weighted by molar-refractivity contribution is 5.86. The molecule has 1 aromatic heterocycles. The molecule has 0 spiro atoms. The zero-order valence-electron chi connectivity index (χ0n) is 17.9. The first kappa shape index (κ1) is 23.4. The van der Waals surface area contributed by atoms with E-state index in [0.29, 0.717) is 37.2 Å². The van der Waals surface area contributed by atoms with Gasteiger partial charge in [-0.25, -0.2) is 9.59 Å². The molecule has 1 fully saturated rings. The highest BCUT2D eigenvalue weighted by Gasteiger charge is 2.32. The molecule has 180 valence electrons. The maximum Gasteiger partial charge on any atom is 0.416 e. The predicted octanol–water partition coefficient (Wildman–Crippen LogP) is 3.29. The van der Waals surface area contributed by atoms with E-state index < -0.39 is 29.8 Å². The van der Waals surface area contributed by atoms with Crippen molar-refractivity contribution in [3.8, 4) is 0 Å². The van der Waals surface area contributed by atoms with Crippen molar-refractivity contribution >= 4 is 17.7 Å². The molecule has 2 N–H and O–H groups in total. The Labute approximate surface area is 192 Å². The third-order valence-electron chi connectivity index (χ3n) is 5.63. The van der Waals surface area contributed by atoms with Crippen LogP contribution in [-0.4, -0.2) is 61.0 Å². The SMILES string of the molecule is O=C(O)c1ccn(C(=O)N2C=CN(Cc3ccc(C(F)(F)F)cc3N3CCC(O)CC3)C=C2)n1.